The fourth-order valence-corrected chi connectivity index (χ4v) is 1.13. The molecule has 0 saturated heterocycles. The Balaban J connectivity index is 2.29. The van der Waals surface area contributed by atoms with Crippen molar-refractivity contribution in [2.45, 2.75) is 20.1 Å². The molecule has 0 saturated carbocycles. The first-order valence-corrected chi connectivity index (χ1v) is 5.12. The van der Waals surface area contributed by atoms with E-state index in [1.807, 2.05) is 31.2 Å². The molecule has 0 aliphatic heterocycles. The number of aliphatic hydroxyl groups is 1. The maximum Gasteiger partial charge on any atom is 0.426 e. The summed E-state index contributed by atoms with van der Waals surface area (Å²) in [6.45, 7) is 2.81. The van der Waals surface area contributed by atoms with Crippen LogP contribution in [-0.2, 0) is 18.0 Å². The first-order valence-electron chi connectivity index (χ1n) is 5.12. The second kappa shape index (κ2) is 6.81. The van der Waals surface area contributed by atoms with Crippen LogP contribution in [0.25, 0.3) is 0 Å². The molecule has 0 atom stereocenters. The Morgan fingerprint density at radius 3 is 2.50 bits per heavy atom. The summed E-state index contributed by atoms with van der Waals surface area (Å²) in [5.74, 6) is 0. The highest BCUT2D eigenvalue weighted by Gasteiger charge is 1.99. The summed E-state index contributed by atoms with van der Waals surface area (Å²) in [5, 5.41) is 11.3. The number of benzene rings is 1. The number of carbonyl (C=O) groups is 1. The van der Waals surface area contributed by atoms with Crippen LogP contribution in [0.3, 0.4) is 0 Å². The third-order valence-corrected chi connectivity index (χ3v) is 1.97. The Bertz CT molecular complexity index is 325. The lowest BCUT2D eigenvalue weighted by Crippen LogP contribution is -2.29. The minimum Gasteiger partial charge on any atom is -0.392 e. The summed E-state index contributed by atoms with van der Waals surface area (Å²) in [6.07, 6.45) is -0.491. The lowest BCUT2D eigenvalue weighted by molar-refractivity contribution is 0.0869. The molecule has 0 fully saturated rings. The normalized spacial score (nSPS) is 9.88. The molecule has 0 spiro atoms. The van der Waals surface area contributed by atoms with Crippen LogP contribution in [0.4, 0.5) is 4.79 Å². The van der Waals surface area contributed by atoms with Crippen molar-refractivity contribution in [2.75, 3.05) is 6.54 Å². The minimum absolute atomic E-state index is 0.0309. The third-order valence-electron chi connectivity index (χ3n) is 1.97. The Kier molecular flexibility index (Phi) is 5.31. The van der Waals surface area contributed by atoms with Crippen molar-refractivity contribution in [1.82, 2.24) is 10.8 Å². The number of nitrogens with one attached hydrogen (secondary N) is 2. The van der Waals surface area contributed by atoms with Gasteiger partial charge in [-0.1, -0.05) is 24.3 Å². The van der Waals surface area contributed by atoms with Crippen LogP contribution in [0.1, 0.15) is 18.1 Å². The smallest absolute Gasteiger partial charge is 0.392 e. The average molecular weight is 224 g/mol. The molecule has 0 unspecified atom stereocenters. The quantitative estimate of drug-likeness (QED) is 0.651. The third kappa shape index (κ3) is 4.29. The fourth-order valence-electron chi connectivity index (χ4n) is 1.13. The lowest BCUT2D eigenvalue weighted by Gasteiger charge is -2.06. The van der Waals surface area contributed by atoms with Gasteiger partial charge in [-0.25, -0.2) is 4.79 Å². The van der Waals surface area contributed by atoms with Crippen molar-refractivity contribution >= 4 is 6.09 Å². The van der Waals surface area contributed by atoms with Crippen molar-refractivity contribution in [2.24, 2.45) is 0 Å². The molecule has 88 valence electrons. The molecule has 16 heavy (non-hydrogen) atoms. The number of hydrogen-bond donors (Lipinski definition) is 3. The molecule has 0 heterocycles. The van der Waals surface area contributed by atoms with E-state index in [1.165, 1.54) is 0 Å². The number of aliphatic hydroxyl groups excluding tert-OH is 1. The largest absolute Gasteiger partial charge is 0.426 e. The van der Waals surface area contributed by atoms with Crippen LogP contribution in [-0.4, -0.2) is 17.7 Å². The highest BCUT2D eigenvalue weighted by Crippen LogP contribution is 2.03. The Morgan fingerprint density at radius 1 is 1.31 bits per heavy atom. The molecule has 1 rings (SSSR count). The molecule has 0 radical (unpaired) electrons. The average Bonchev–Trinajstić information content (AvgIpc) is 2.30. The molecule has 5 heteroatoms. The van der Waals surface area contributed by atoms with E-state index in [1.54, 1.807) is 0 Å². The number of rotatable bonds is 5. The first-order chi connectivity index (χ1) is 7.76. The van der Waals surface area contributed by atoms with Crippen LogP contribution >= 0.6 is 0 Å². The van der Waals surface area contributed by atoms with Crippen LogP contribution in [0.5, 0.6) is 0 Å². The van der Waals surface area contributed by atoms with E-state index in [4.69, 9.17) is 9.94 Å². The van der Waals surface area contributed by atoms with Gasteiger partial charge in [0.25, 0.3) is 0 Å². The van der Waals surface area contributed by atoms with E-state index >= 15 is 0 Å². The number of amides is 1. The molecule has 0 aromatic heterocycles. The summed E-state index contributed by atoms with van der Waals surface area (Å²) in [5.41, 5.74) is 4.38. The monoisotopic (exact) mass is 224 g/mol. The standard InChI is InChI=1S/C11H16N2O3/c1-2-12-11(15)16-13-7-9-3-5-10(8-14)6-4-9/h3-6,13-14H,2,7-8H2,1H3,(H,12,15). The van der Waals surface area contributed by atoms with Crippen molar-refractivity contribution < 1.29 is 14.7 Å². The number of carbonyl (C=O) groups excluding carboxylic acids is 1. The second-order valence-corrected chi connectivity index (χ2v) is 3.22. The summed E-state index contributed by atoms with van der Waals surface area (Å²) >= 11 is 0. The summed E-state index contributed by atoms with van der Waals surface area (Å²) in [6, 6.07) is 7.37. The molecule has 1 amide bonds. The Labute approximate surface area is 94.4 Å². The van der Waals surface area contributed by atoms with Gasteiger partial charge in [-0.05, 0) is 18.1 Å². The summed E-state index contributed by atoms with van der Waals surface area (Å²) < 4.78 is 0. The lowest BCUT2D eigenvalue weighted by atomic mass is 10.1. The van der Waals surface area contributed by atoms with Gasteiger partial charge >= 0.3 is 6.09 Å². The number of hydrogen-bond acceptors (Lipinski definition) is 4. The SMILES string of the molecule is CCNC(=O)ONCc1ccc(CO)cc1. The van der Waals surface area contributed by atoms with Crippen molar-refractivity contribution in [3.63, 3.8) is 0 Å². The Hall–Kier alpha value is -1.59. The van der Waals surface area contributed by atoms with E-state index in [0.29, 0.717) is 13.1 Å². The summed E-state index contributed by atoms with van der Waals surface area (Å²) in [7, 11) is 0. The molecule has 1 aromatic rings. The van der Waals surface area contributed by atoms with E-state index < -0.39 is 6.09 Å². The van der Waals surface area contributed by atoms with Gasteiger partial charge in [0.2, 0.25) is 0 Å². The van der Waals surface area contributed by atoms with E-state index in [9.17, 15) is 4.79 Å². The summed E-state index contributed by atoms with van der Waals surface area (Å²) in [4.78, 5) is 15.6. The second-order valence-electron chi connectivity index (χ2n) is 3.22. The predicted molar refractivity (Wildman–Crippen MR) is 59.4 cm³/mol. The van der Waals surface area contributed by atoms with E-state index in [-0.39, 0.29) is 6.61 Å². The zero-order valence-electron chi connectivity index (χ0n) is 9.19. The zero-order chi connectivity index (χ0) is 11.8. The van der Waals surface area contributed by atoms with Crippen LogP contribution in [0, 0.1) is 0 Å². The molecular formula is C11H16N2O3. The molecule has 3 N–H and O–H groups in total. The van der Waals surface area contributed by atoms with Gasteiger partial charge < -0.3 is 15.3 Å². The number of hydroxylamine groups is 1. The molecule has 0 aliphatic carbocycles. The van der Waals surface area contributed by atoms with Crippen molar-refractivity contribution in [3.8, 4) is 0 Å². The van der Waals surface area contributed by atoms with Gasteiger partial charge in [0.15, 0.2) is 0 Å². The maximum atomic E-state index is 10.9. The van der Waals surface area contributed by atoms with Crippen LogP contribution < -0.4 is 10.8 Å². The zero-order valence-corrected chi connectivity index (χ0v) is 9.19. The predicted octanol–water partition coefficient (Wildman–Crippen LogP) is 0.930. The van der Waals surface area contributed by atoms with Crippen molar-refractivity contribution in [1.29, 1.82) is 0 Å². The van der Waals surface area contributed by atoms with Crippen molar-refractivity contribution in [3.05, 3.63) is 35.4 Å². The van der Waals surface area contributed by atoms with Gasteiger partial charge in [0, 0.05) is 6.54 Å². The molecular weight excluding hydrogens is 208 g/mol. The van der Waals surface area contributed by atoms with Gasteiger partial charge in [0.1, 0.15) is 0 Å². The Morgan fingerprint density at radius 2 is 1.94 bits per heavy atom. The molecule has 1 aromatic carbocycles. The highest BCUT2D eigenvalue weighted by molar-refractivity contribution is 5.66. The van der Waals surface area contributed by atoms with E-state index in [0.717, 1.165) is 11.1 Å². The molecule has 0 aliphatic rings. The van der Waals surface area contributed by atoms with Gasteiger partial charge in [0.05, 0.1) is 13.2 Å². The minimum atomic E-state index is -0.491. The maximum absolute atomic E-state index is 10.9. The molecule has 0 bridgehead atoms. The highest BCUT2D eigenvalue weighted by atomic mass is 16.7. The van der Waals surface area contributed by atoms with E-state index in [2.05, 4.69) is 10.8 Å². The van der Waals surface area contributed by atoms with Gasteiger partial charge in [-0.2, -0.15) is 0 Å². The topological polar surface area (TPSA) is 70.6 Å². The first kappa shape index (κ1) is 12.5. The van der Waals surface area contributed by atoms with Crippen LogP contribution in [0.15, 0.2) is 24.3 Å². The van der Waals surface area contributed by atoms with Crippen LogP contribution in [0.2, 0.25) is 0 Å². The fraction of sp³-hybridized carbons (Fsp3) is 0.364. The molecule has 5 nitrogen and oxygen atoms in total. The van der Waals surface area contributed by atoms with Gasteiger partial charge in [-0.15, -0.1) is 5.48 Å². The van der Waals surface area contributed by atoms with Gasteiger partial charge in [-0.3, -0.25) is 0 Å².